The summed E-state index contributed by atoms with van der Waals surface area (Å²) in [4.78, 5) is 12.7. The second-order valence-corrected chi connectivity index (χ2v) is 7.70. The highest BCUT2D eigenvalue weighted by atomic mass is 16.5. The molecule has 0 radical (unpaired) electrons. The van der Waals surface area contributed by atoms with Gasteiger partial charge in [0, 0.05) is 12.0 Å². The van der Waals surface area contributed by atoms with Gasteiger partial charge in [-0.25, -0.2) is 0 Å². The fourth-order valence-electron chi connectivity index (χ4n) is 3.55. The standard InChI is InChI=1S/C22H27NO3/c1-14-6-7-16(15(2)10-14)11-21(24)23-19-13-22(3,4)26-20-9-8-17(25-5)12-18(19)20/h6-10,12,19H,11,13H2,1-5H3,(H,23,24)/t19-/m0/s1. The number of hydrogen-bond acceptors (Lipinski definition) is 3. The normalized spacial score (nSPS) is 17.8. The molecule has 0 spiro atoms. The van der Waals surface area contributed by atoms with Crippen LogP contribution in [0, 0.1) is 13.8 Å². The van der Waals surface area contributed by atoms with E-state index in [1.807, 2.05) is 51.1 Å². The van der Waals surface area contributed by atoms with Gasteiger partial charge < -0.3 is 14.8 Å². The minimum absolute atomic E-state index is 0.0217. The first-order valence-electron chi connectivity index (χ1n) is 9.00. The van der Waals surface area contributed by atoms with E-state index in [-0.39, 0.29) is 17.6 Å². The molecule has 1 atom stereocenters. The lowest BCUT2D eigenvalue weighted by Gasteiger charge is -2.38. The summed E-state index contributed by atoms with van der Waals surface area (Å²) in [5.74, 6) is 1.59. The largest absolute Gasteiger partial charge is 0.497 e. The molecule has 2 aromatic carbocycles. The number of fused-ring (bicyclic) bond motifs is 1. The number of amides is 1. The van der Waals surface area contributed by atoms with Crippen LogP contribution in [0.15, 0.2) is 36.4 Å². The van der Waals surface area contributed by atoms with Crippen LogP contribution in [0.25, 0.3) is 0 Å². The number of benzene rings is 2. The monoisotopic (exact) mass is 353 g/mol. The van der Waals surface area contributed by atoms with Gasteiger partial charge in [-0.2, -0.15) is 0 Å². The van der Waals surface area contributed by atoms with Crippen LogP contribution < -0.4 is 14.8 Å². The van der Waals surface area contributed by atoms with E-state index in [1.54, 1.807) is 7.11 Å². The van der Waals surface area contributed by atoms with Gasteiger partial charge in [0.2, 0.25) is 5.91 Å². The summed E-state index contributed by atoms with van der Waals surface area (Å²) in [6.45, 7) is 8.20. The minimum Gasteiger partial charge on any atom is -0.497 e. The summed E-state index contributed by atoms with van der Waals surface area (Å²) in [6, 6.07) is 11.9. The predicted octanol–water partition coefficient (Wildman–Crippen LogP) is 4.27. The first-order valence-corrected chi connectivity index (χ1v) is 9.00. The third kappa shape index (κ3) is 4.01. The molecular formula is C22H27NO3. The molecule has 0 unspecified atom stereocenters. The summed E-state index contributed by atoms with van der Waals surface area (Å²) in [5, 5.41) is 3.20. The van der Waals surface area contributed by atoms with Crippen molar-refractivity contribution >= 4 is 5.91 Å². The van der Waals surface area contributed by atoms with E-state index < -0.39 is 0 Å². The Bertz CT molecular complexity index is 826. The number of hydrogen-bond donors (Lipinski definition) is 1. The van der Waals surface area contributed by atoms with E-state index >= 15 is 0 Å². The highest BCUT2D eigenvalue weighted by Crippen LogP contribution is 2.41. The van der Waals surface area contributed by atoms with Gasteiger partial charge >= 0.3 is 0 Å². The first kappa shape index (κ1) is 18.3. The maximum absolute atomic E-state index is 12.7. The van der Waals surface area contributed by atoms with Crippen molar-refractivity contribution in [1.82, 2.24) is 5.32 Å². The molecule has 26 heavy (non-hydrogen) atoms. The third-order valence-corrected chi connectivity index (χ3v) is 4.86. The van der Waals surface area contributed by atoms with Crippen molar-refractivity contribution in [1.29, 1.82) is 0 Å². The fourth-order valence-corrected chi connectivity index (χ4v) is 3.55. The van der Waals surface area contributed by atoms with Crippen LogP contribution in [0.1, 0.15) is 48.6 Å². The predicted molar refractivity (Wildman–Crippen MR) is 103 cm³/mol. The Balaban J connectivity index is 1.81. The molecular weight excluding hydrogens is 326 g/mol. The molecule has 1 amide bonds. The van der Waals surface area contributed by atoms with Crippen molar-refractivity contribution in [2.45, 2.75) is 52.2 Å². The third-order valence-electron chi connectivity index (χ3n) is 4.86. The first-order chi connectivity index (χ1) is 12.3. The molecule has 0 bridgehead atoms. The van der Waals surface area contributed by atoms with Crippen LogP contribution in [-0.2, 0) is 11.2 Å². The summed E-state index contributed by atoms with van der Waals surface area (Å²) in [7, 11) is 1.64. The van der Waals surface area contributed by atoms with Gasteiger partial charge in [0.1, 0.15) is 17.1 Å². The minimum atomic E-state index is -0.334. The highest BCUT2D eigenvalue weighted by molar-refractivity contribution is 5.79. The molecule has 1 heterocycles. The molecule has 1 N–H and O–H groups in total. The SMILES string of the molecule is COc1ccc2c(c1)[C@@H](NC(=O)Cc1ccc(C)cc1C)CC(C)(C)O2. The number of carbonyl (C=O) groups excluding carboxylic acids is 1. The molecule has 1 aliphatic rings. The van der Waals surface area contributed by atoms with Crippen LogP contribution >= 0.6 is 0 Å². The molecule has 0 fully saturated rings. The zero-order valence-electron chi connectivity index (χ0n) is 16.2. The molecule has 0 aliphatic carbocycles. The molecule has 0 saturated carbocycles. The Morgan fingerprint density at radius 2 is 2.00 bits per heavy atom. The topological polar surface area (TPSA) is 47.6 Å². The zero-order chi connectivity index (χ0) is 18.9. The summed E-state index contributed by atoms with van der Waals surface area (Å²) >= 11 is 0. The van der Waals surface area contributed by atoms with Gasteiger partial charge in [0.25, 0.3) is 0 Å². The van der Waals surface area contributed by atoms with Gasteiger partial charge in [-0.05, 0) is 57.0 Å². The van der Waals surface area contributed by atoms with Crippen LogP contribution in [-0.4, -0.2) is 18.6 Å². The van der Waals surface area contributed by atoms with Crippen LogP contribution in [0.5, 0.6) is 11.5 Å². The molecule has 3 rings (SSSR count). The quantitative estimate of drug-likeness (QED) is 0.893. The van der Waals surface area contributed by atoms with Gasteiger partial charge in [0.05, 0.1) is 19.6 Å². The lowest BCUT2D eigenvalue weighted by atomic mass is 9.89. The molecule has 138 valence electrons. The Kier molecular flexibility index (Phi) is 4.94. The number of nitrogens with one attached hydrogen (secondary N) is 1. The second kappa shape index (κ2) is 7.02. The zero-order valence-corrected chi connectivity index (χ0v) is 16.2. The highest BCUT2D eigenvalue weighted by Gasteiger charge is 2.34. The average Bonchev–Trinajstić information content (AvgIpc) is 2.56. The Hall–Kier alpha value is -2.49. The summed E-state index contributed by atoms with van der Waals surface area (Å²) < 4.78 is 11.4. The molecule has 4 heteroatoms. The van der Waals surface area contributed by atoms with Crippen molar-refractivity contribution in [3.8, 4) is 11.5 Å². The van der Waals surface area contributed by atoms with E-state index in [0.717, 1.165) is 28.2 Å². The van der Waals surface area contributed by atoms with Crippen molar-refractivity contribution in [3.63, 3.8) is 0 Å². The van der Waals surface area contributed by atoms with E-state index in [9.17, 15) is 4.79 Å². The van der Waals surface area contributed by atoms with Crippen LogP contribution in [0.2, 0.25) is 0 Å². The van der Waals surface area contributed by atoms with Crippen molar-refractivity contribution in [2.75, 3.05) is 7.11 Å². The lowest BCUT2D eigenvalue weighted by molar-refractivity contribution is -0.121. The fraction of sp³-hybridized carbons (Fsp3) is 0.409. The number of aryl methyl sites for hydroxylation is 2. The Morgan fingerprint density at radius 3 is 2.69 bits per heavy atom. The number of ether oxygens (including phenoxy) is 2. The second-order valence-electron chi connectivity index (χ2n) is 7.70. The van der Waals surface area contributed by atoms with Gasteiger partial charge in [-0.3, -0.25) is 4.79 Å². The molecule has 0 aromatic heterocycles. The molecule has 2 aromatic rings. The van der Waals surface area contributed by atoms with Gasteiger partial charge in [-0.1, -0.05) is 23.8 Å². The van der Waals surface area contributed by atoms with E-state index in [0.29, 0.717) is 12.8 Å². The van der Waals surface area contributed by atoms with E-state index in [1.165, 1.54) is 5.56 Å². The Labute approximate surface area is 155 Å². The lowest BCUT2D eigenvalue weighted by Crippen LogP contribution is -2.41. The number of rotatable bonds is 4. The maximum Gasteiger partial charge on any atom is 0.224 e. The summed E-state index contributed by atoms with van der Waals surface area (Å²) in [5.41, 5.74) is 4.05. The van der Waals surface area contributed by atoms with Crippen molar-refractivity contribution < 1.29 is 14.3 Å². The molecule has 0 saturated heterocycles. The van der Waals surface area contributed by atoms with Crippen molar-refractivity contribution in [2.24, 2.45) is 0 Å². The van der Waals surface area contributed by atoms with E-state index in [2.05, 4.69) is 18.3 Å². The van der Waals surface area contributed by atoms with E-state index in [4.69, 9.17) is 9.47 Å². The van der Waals surface area contributed by atoms with Gasteiger partial charge in [0.15, 0.2) is 0 Å². The smallest absolute Gasteiger partial charge is 0.224 e. The number of carbonyl (C=O) groups is 1. The van der Waals surface area contributed by atoms with Gasteiger partial charge in [-0.15, -0.1) is 0 Å². The number of methoxy groups -OCH3 is 1. The Morgan fingerprint density at radius 1 is 1.23 bits per heavy atom. The average molecular weight is 353 g/mol. The van der Waals surface area contributed by atoms with Crippen LogP contribution in [0.3, 0.4) is 0 Å². The molecule has 1 aliphatic heterocycles. The van der Waals surface area contributed by atoms with Crippen LogP contribution in [0.4, 0.5) is 0 Å². The molecule has 4 nitrogen and oxygen atoms in total. The summed E-state index contributed by atoms with van der Waals surface area (Å²) in [6.07, 6.45) is 1.09. The van der Waals surface area contributed by atoms with Crippen molar-refractivity contribution in [3.05, 3.63) is 58.7 Å². The maximum atomic E-state index is 12.7.